The Morgan fingerprint density at radius 3 is 2.55 bits per heavy atom. The molecule has 0 aliphatic carbocycles. The Balaban J connectivity index is 3.17. The summed E-state index contributed by atoms with van der Waals surface area (Å²) in [5.74, 6) is 5.03. The Hall–Kier alpha value is -1.76. The number of benzene rings is 1. The maximum atomic E-state index is 13.0. The summed E-state index contributed by atoms with van der Waals surface area (Å²) in [4.78, 5) is 11.1. The number of nitrogens with two attached hydrogens (primary N) is 1. The summed E-state index contributed by atoms with van der Waals surface area (Å²) in [7, 11) is 1.18. The molecule has 0 spiro atoms. The summed E-state index contributed by atoms with van der Waals surface area (Å²) in [6.45, 7) is 2.12. The van der Waals surface area contributed by atoms with Gasteiger partial charge >= 0.3 is 12.1 Å². The molecule has 0 aliphatic heterocycles. The van der Waals surface area contributed by atoms with Gasteiger partial charge in [-0.3, -0.25) is 4.79 Å². The van der Waals surface area contributed by atoms with Crippen LogP contribution < -0.4 is 10.9 Å². The van der Waals surface area contributed by atoms with Crippen molar-refractivity contribution in [2.45, 2.75) is 25.9 Å². The van der Waals surface area contributed by atoms with E-state index < -0.39 is 17.7 Å². The number of hydrogen-bond acceptors (Lipinski definition) is 4. The molecule has 1 aromatic carbocycles. The first-order valence-corrected chi connectivity index (χ1v) is 6.08. The molecule has 4 nitrogen and oxygen atoms in total. The van der Waals surface area contributed by atoms with Crippen molar-refractivity contribution in [3.05, 3.63) is 29.3 Å². The van der Waals surface area contributed by atoms with Gasteiger partial charge in [0.25, 0.3) is 0 Å². The molecule has 0 saturated heterocycles. The maximum Gasteiger partial charge on any atom is 0.418 e. The fourth-order valence-corrected chi connectivity index (χ4v) is 1.77. The van der Waals surface area contributed by atoms with Crippen LogP contribution in [0.1, 0.15) is 24.5 Å². The lowest BCUT2D eigenvalue weighted by atomic mass is 10.1. The molecule has 0 aromatic heterocycles. The molecule has 0 amide bonds. The zero-order chi connectivity index (χ0) is 15.3. The van der Waals surface area contributed by atoms with E-state index in [2.05, 4.69) is 4.74 Å². The van der Waals surface area contributed by atoms with E-state index in [1.165, 1.54) is 19.2 Å². The molecule has 2 N–H and O–H groups in total. The van der Waals surface area contributed by atoms with Gasteiger partial charge in [0.15, 0.2) is 0 Å². The molecule has 1 aromatic rings. The number of alkyl halides is 3. The predicted octanol–water partition coefficient (Wildman–Crippen LogP) is 2.51. The third-order valence-electron chi connectivity index (χ3n) is 2.72. The van der Waals surface area contributed by atoms with Crippen LogP contribution in [0.15, 0.2) is 18.2 Å². The molecule has 0 fully saturated rings. The number of hydrazine groups is 1. The van der Waals surface area contributed by atoms with Gasteiger partial charge in [-0.1, -0.05) is 13.0 Å². The summed E-state index contributed by atoms with van der Waals surface area (Å²) in [5, 5.41) is 1.06. The summed E-state index contributed by atoms with van der Waals surface area (Å²) in [5.41, 5.74) is -0.722. The minimum atomic E-state index is -4.53. The zero-order valence-corrected chi connectivity index (χ0v) is 11.3. The smallest absolute Gasteiger partial charge is 0.418 e. The van der Waals surface area contributed by atoms with E-state index in [4.69, 9.17) is 5.84 Å². The Morgan fingerprint density at radius 2 is 2.05 bits per heavy atom. The standard InChI is InChI=1S/C13H17F3N2O2/c1-3-6-18(17)11-5-4-9(8-12(19)20-2)7-10(11)13(14,15)16/h4-5,7H,3,6,8,17H2,1-2H3. The number of hydrogen-bond donors (Lipinski definition) is 1. The van der Waals surface area contributed by atoms with E-state index in [1.807, 2.05) is 6.92 Å². The van der Waals surface area contributed by atoms with E-state index in [0.717, 1.165) is 11.1 Å². The van der Waals surface area contributed by atoms with E-state index in [0.29, 0.717) is 13.0 Å². The summed E-state index contributed by atoms with van der Waals surface area (Å²) < 4.78 is 43.6. The number of ether oxygens (including phenoxy) is 1. The first-order chi connectivity index (χ1) is 9.29. The summed E-state index contributed by atoms with van der Waals surface area (Å²) >= 11 is 0. The van der Waals surface area contributed by atoms with Crippen molar-refractivity contribution >= 4 is 11.7 Å². The van der Waals surface area contributed by atoms with Gasteiger partial charge in [-0.25, -0.2) is 5.84 Å². The molecular formula is C13H17F3N2O2. The van der Waals surface area contributed by atoms with Crippen LogP contribution in [0.4, 0.5) is 18.9 Å². The molecule has 0 saturated carbocycles. The van der Waals surface area contributed by atoms with E-state index in [9.17, 15) is 18.0 Å². The van der Waals surface area contributed by atoms with Gasteiger partial charge in [0.2, 0.25) is 0 Å². The van der Waals surface area contributed by atoms with Gasteiger partial charge in [-0.05, 0) is 24.1 Å². The van der Waals surface area contributed by atoms with E-state index in [1.54, 1.807) is 0 Å². The van der Waals surface area contributed by atoms with Crippen LogP contribution >= 0.6 is 0 Å². The van der Waals surface area contributed by atoms with Crippen LogP contribution in [0.25, 0.3) is 0 Å². The van der Waals surface area contributed by atoms with Crippen molar-refractivity contribution in [2.75, 3.05) is 18.7 Å². The van der Waals surface area contributed by atoms with Crippen molar-refractivity contribution < 1.29 is 22.7 Å². The topological polar surface area (TPSA) is 55.6 Å². The van der Waals surface area contributed by atoms with Crippen LogP contribution in [0.2, 0.25) is 0 Å². The summed E-state index contributed by atoms with van der Waals surface area (Å²) in [6, 6.07) is 3.65. The normalized spacial score (nSPS) is 11.3. The molecule has 0 bridgehead atoms. The first-order valence-electron chi connectivity index (χ1n) is 6.08. The van der Waals surface area contributed by atoms with Crippen LogP contribution in [0, 0.1) is 0 Å². The summed E-state index contributed by atoms with van der Waals surface area (Å²) in [6.07, 6.45) is -4.12. The number of carbonyl (C=O) groups excluding carboxylic acids is 1. The fraction of sp³-hybridized carbons (Fsp3) is 0.462. The van der Waals surface area contributed by atoms with Gasteiger partial charge in [0.05, 0.1) is 24.8 Å². The van der Waals surface area contributed by atoms with Crippen LogP contribution in [0.5, 0.6) is 0 Å². The number of rotatable bonds is 5. The molecule has 0 radical (unpaired) electrons. The highest BCUT2D eigenvalue weighted by Crippen LogP contribution is 2.36. The van der Waals surface area contributed by atoms with Gasteiger partial charge in [0.1, 0.15) is 0 Å². The van der Waals surface area contributed by atoms with Gasteiger partial charge in [-0.15, -0.1) is 0 Å². The quantitative estimate of drug-likeness (QED) is 0.514. The van der Waals surface area contributed by atoms with Crippen molar-refractivity contribution in [2.24, 2.45) is 5.84 Å². The molecule has 0 heterocycles. The third-order valence-corrected chi connectivity index (χ3v) is 2.72. The molecule has 1 rings (SSSR count). The van der Waals surface area contributed by atoms with E-state index >= 15 is 0 Å². The second kappa shape index (κ2) is 6.60. The number of esters is 1. The Labute approximate surface area is 115 Å². The molecule has 0 unspecified atom stereocenters. The number of nitrogens with zero attached hydrogens (tertiary/aromatic N) is 1. The monoisotopic (exact) mass is 290 g/mol. The maximum absolute atomic E-state index is 13.0. The molecule has 7 heteroatoms. The highest BCUT2D eigenvalue weighted by Gasteiger charge is 2.35. The second-order valence-corrected chi connectivity index (χ2v) is 4.30. The molecule has 112 valence electrons. The molecule has 0 atom stereocenters. The number of carbonyl (C=O) groups is 1. The van der Waals surface area contributed by atoms with Crippen molar-refractivity contribution in [1.29, 1.82) is 0 Å². The van der Waals surface area contributed by atoms with Crippen molar-refractivity contribution in [3.63, 3.8) is 0 Å². The van der Waals surface area contributed by atoms with Crippen LogP contribution in [-0.2, 0) is 22.1 Å². The SMILES string of the molecule is CCCN(N)c1ccc(CC(=O)OC)cc1C(F)(F)F. The van der Waals surface area contributed by atoms with Crippen LogP contribution in [0.3, 0.4) is 0 Å². The Morgan fingerprint density at radius 1 is 1.40 bits per heavy atom. The molecule has 20 heavy (non-hydrogen) atoms. The van der Waals surface area contributed by atoms with E-state index in [-0.39, 0.29) is 17.7 Å². The van der Waals surface area contributed by atoms with Crippen LogP contribution in [-0.4, -0.2) is 19.6 Å². The number of anilines is 1. The molecule has 0 aliphatic rings. The second-order valence-electron chi connectivity index (χ2n) is 4.30. The highest BCUT2D eigenvalue weighted by atomic mass is 19.4. The lowest BCUT2D eigenvalue weighted by Crippen LogP contribution is -2.33. The fourth-order valence-electron chi connectivity index (χ4n) is 1.77. The third kappa shape index (κ3) is 4.12. The average molecular weight is 290 g/mol. The predicted molar refractivity (Wildman–Crippen MR) is 69.0 cm³/mol. The minimum absolute atomic E-state index is 0.104. The van der Waals surface area contributed by atoms with Crippen molar-refractivity contribution in [3.8, 4) is 0 Å². The lowest BCUT2D eigenvalue weighted by molar-refractivity contribution is -0.140. The average Bonchev–Trinajstić information content (AvgIpc) is 2.37. The number of methoxy groups -OCH3 is 1. The Bertz CT molecular complexity index is 475. The first kappa shape index (κ1) is 16.3. The van der Waals surface area contributed by atoms with Gasteiger partial charge in [0, 0.05) is 6.54 Å². The largest absolute Gasteiger partial charge is 0.469 e. The zero-order valence-electron chi connectivity index (χ0n) is 11.3. The Kier molecular flexibility index (Phi) is 5.38. The number of halogens is 3. The highest BCUT2D eigenvalue weighted by molar-refractivity contribution is 5.73. The van der Waals surface area contributed by atoms with Crippen molar-refractivity contribution in [1.82, 2.24) is 0 Å². The van der Waals surface area contributed by atoms with Gasteiger partial charge in [-0.2, -0.15) is 13.2 Å². The lowest BCUT2D eigenvalue weighted by Gasteiger charge is -2.23. The van der Waals surface area contributed by atoms with Gasteiger partial charge < -0.3 is 9.75 Å². The molecular weight excluding hydrogens is 273 g/mol. The minimum Gasteiger partial charge on any atom is -0.469 e.